The minimum absolute atomic E-state index is 0.276. The number of carbonyl (C=O) groups is 1. The maximum absolute atomic E-state index is 10.8. The van der Waals surface area contributed by atoms with Gasteiger partial charge in [-0.1, -0.05) is 31.5 Å². The van der Waals surface area contributed by atoms with Gasteiger partial charge < -0.3 is 11.1 Å². The quantitative estimate of drug-likeness (QED) is 0.745. The molecule has 1 aromatic rings. The third kappa shape index (κ3) is 5.56. The minimum atomic E-state index is -0.276. The Morgan fingerprint density at radius 1 is 1.44 bits per heavy atom. The zero-order valence-electron chi connectivity index (χ0n) is 11.3. The highest BCUT2D eigenvalue weighted by Crippen LogP contribution is 2.23. The molecule has 0 fully saturated rings. The molecule has 0 aliphatic rings. The summed E-state index contributed by atoms with van der Waals surface area (Å²) >= 11 is 1.51. The van der Waals surface area contributed by atoms with Crippen LogP contribution in [0.2, 0.25) is 0 Å². The van der Waals surface area contributed by atoms with Gasteiger partial charge in [-0.2, -0.15) is 0 Å². The normalized spacial score (nSPS) is 10.9. The second kappa shape index (κ2) is 7.44. The van der Waals surface area contributed by atoms with E-state index in [9.17, 15) is 4.79 Å². The molecule has 0 aliphatic carbocycles. The van der Waals surface area contributed by atoms with E-state index >= 15 is 0 Å². The van der Waals surface area contributed by atoms with Gasteiger partial charge in [-0.05, 0) is 31.0 Å². The third-order valence-corrected chi connectivity index (χ3v) is 3.59. The van der Waals surface area contributed by atoms with Crippen molar-refractivity contribution in [2.45, 2.75) is 32.2 Å². The van der Waals surface area contributed by atoms with Crippen molar-refractivity contribution in [1.29, 1.82) is 0 Å². The number of aryl methyl sites for hydroxylation is 1. The fourth-order valence-corrected chi connectivity index (χ4v) is 2.41. The van der Waals surface area contributed by atoms with Crippen LogP contribution in [0.5, 0.6) is 0 Å². The molecule has 0 saturated heterocycles. The fourth-order valence-electron chi connectivity index (χ4n) is 1.63. The zero-order valence-corrected chi connectivity index (χ0v) is 12.1. The summed E-state index contributed by atoms with van der Waals surface area (Å²) in [5, 5.41) is 3.43. The lowest BCUT2D eigenvalue weighted by molar-refractivity contribution is -0.115. The van der Waals surface area contributed by atoms with E-state index in [1.54, 1.807) is 0 Å². The lowest BCUT2D eigenvalue weighted by atomic mass is 10.1. The number of hydrogen-bond acceptors (Lipinski definition) is 3. The second-order valence-corrected chi connectivity index (χ2v) is 5.91. The van der Waals surface area contributed by atoms with Gasteiger partial charge in [0.25, 0.3) is 0 Å². The van der Waals surface area contributed by atoms with Crippen LogP contribution in [0.4, 0.5) is 0 Å². The van der Waals surface area contributed by atoms with Crippen LogP contribution in [0.1, 0.15) is 25.0 Å². The summed E-state index contributed by atoms with van der Waals surface area (Å²) in [5.74, 6) is 0.693. The van der Waals surface area contributed by atoms with E-state index in [0.29, 0.717) is 11.7 Å². The zero-order chi connectivity index (χ0) is 13.5. The monoisotopic (exact) mass is 266 g/mol. The Morgan fingerprint density at radius 3 is 2.78 bits per heavy atom. The Balaban J connectivity index is 2.67. The lowest BCUT2D eigenvalue weighted by Crippen LogP contribution is -2.19. The average Bonchev–Trinajstić information content (AvgIpc) is 2.27. The SMILES string of the molecule is Cc1ccc(SCC(N)=O)c(CNCC(C)C)c1. The van der Waals surface area contributed by atoms with Gasteiger partial charge in [0, 0.05) is 11.4 Å². The highest BCUT2D eigenvalue weighted by molar-refractivity contribution is 8.00. The van der Waals surface area contributed by atoms with Gasteiger partial charge in [0.1, 0.15) is 0 Å². The van der Waals surface area contributed by atoms with Gasteiger partial charge in [0.15, 0.2) is 0 Å². The predicted molar refractivity (Wildman–Crippen MR) is 77.6 cm³/mol. The molecule has 0 heterocycles. The number of rotatable bonds is 7. The molecule has 1 amide bonds. The molecule has 4 heteroatoms. The molecule has 1 aromatic carbocycles. The number of nitrogens with two attached hydrogens (primary N) is 1. The van der Waals surface area contributed by atoms with Gasteiger partial charge in [0.2, 0.25) is 5.91 Å². The van der Waals surface area contributed by atoms with Gasteiger partial charge in [0.05, 0.1) is 5.75 Å². The van der Waals surface area contributed by atoms with Crippen molar-refractivity contribution >= 4 is 17.7 Å². The fraction of sp³-hybridized carbons (Fsp3) is 0.500. The van der Waals surface area contributed by atoms with Crippen molar-refractivity contribution in [2.75, 3.05) is 12.3 Å². The first-order valence-corrected chi connectivity index (χ1v) is 7.19. The van der Waals surface area contributed by atoms with Crippen molar-refractivity contribution in [1.82, 2.24) is 5.32 Å². The molecule has 0 aromatic heterocycles. The van der Waals surface area contributed by atoms with Crippen molar-refractivity contribution in [2.24, 2.45) is 11.7 Å². The lowest BCUT2D eigenvalue weighted by Gasteiger charge is -2.12. The number of primary amides is 1. The minimum Gasteiger partial charge on any atom is -0.369 e. The molecule has 0 unspecified atom stereocenters. The predicted octanol–water partition coefficient (Wildman–Crippen LogP) is 2.32. The van der Waals surface area contributed by atoms with E-state index < -0.39 is 0 Å². The molecule has 3 nitrogen and oxygen atoms in total. The van der Waals surface area contributed by atoms with E-state index in [1.165, 1.54) is 22.9 Å². The molecule has 0 saturated carbocycles. The van der Waals surface area contributed by atoms with Gasteiger partial charge in [-0.3, -0.25) is 4.79 Å². The van der Waals surface area contributed by atoms with Crippen molar-refractivity contribution in [3.8, 4) is 0 Å². The van der Waals surface area contributed by atoms with Crippen LogP contribution in [0.3, 0.4) is 0 Å². The van der Waals surface area contributed by atoms with Crippen LogP contribution in [0.25, 0.3) is 0 Å². The molecular weight excluding hydrogens is 244 g/mol. The first kappa shape index (κ1) is 15.1. The van der Waals surface area contributed by atoms with Crippen molar-refractivity contribution in [3.63, 3.8) is 0 Å². The highest BCUT2D eigenvalue weighted by Gasteiger charge is 2.05. The number of benzene rings is 1. The highest BCUT2D eigenvalue weighted by atomic mass is 32.2. The number of nitrogens with one attached hydrogen (secondary N) is 1. The summed E-state index contributed by atoms with van der Waals surface area (Å²) in [4.78, 5) is 12.0. The van der Waals surface area contributed by atoms with E-state index in [2.05, 4.69) is 44.3 Å². The summed E-state index contributed by atoms with van der Waals surface area (Å²) in [7, 11) is 0. The molecule has 0 radical (unpaired) electrons. The van der Waals surface area contributed by atoms with Crippen LogP contribution in [0, 0.1) is 12.8 Å². The van der Waals surface area contributed by atoms with Crippen molar-refractivity contribution < 1.29 is 4.79 Å². The number of hydrogen-bond donors (Lipinski definition) is 2. The average molecular weight is 266 g/mol. The van der Waals surface area contributed by atoms with Crippen LogP contribution < -0.4 is 11.1 Å². The largest absolute Gasteiger partial charge is 0.369 e. The molecule has 18 heavy (non-hydrogen) atoms. The molecule has 0 bridgehead atoms. The van der Waals surface area contributed by atoms with E-state index in [1.807, 2.05) is 0 Å². The Morgan fingerprint density at radius 2 is 2.17 bits per heavy atom. The molecule has 100 valence electrons. The van der Waals surface area contributed by atoms with Gasteiger partial charge >= 0.3 is 0 Å². The summed E-state index contributed by atoms with van der Waals surface area (Å²) in [5.41, 5.74) is 7.66. The van der Waals surface area contributed by atoms with E-state index in [4.69, 9.17) is 5.73 Å². The first-order chi connectivity index (χ1) is 8.49. The number of carbonyl (C=O) groups excluding carboxylic acids is 1. The molecule has 0 spiro atoms. The third-order valence-electron chi connectivity index (χ3n) is 2.45. The van der Waals surface area contributed by atoms with Gasteiger partial charge in [-0.25, -0.2) is 0 Å². The number of thioether (sulfide) groups is 1. The second-order valence-electron chi connectivity index (χ2n) is 4.89. The molecule has 0 aliphatic heterocycles. The maximum Gasteiger partial charge on any atom is 0.227 e. The molecule has 1 rings (SSSR count). The summed E-state index contributed by atoms with van der Waals surface area (Å²) in [6.07, 6.45) is 0. The maximum atomic E-state index is 10.8. The van der Waals surface area contributed by atoms with Gasteiger partial charge in [-0.15, -0.1) is 11.8 Å². The Labute approximate surface area is 114 Å². The van der Waals surface area contributed by atoms with Crippen LogP contribution in [-0.4, -0.2) is 18.2 Å². The Bertz CT molecular complexity index is 405. The number of amides is 1. The molecular formula is C14H22N2OS. The van der Waals surface area contributed by atoms with Crippen molar-refractivity contribution in [3.05, 3.63) is 29.3 Å². The Kier molecular flexibility index (Phi) is 6.22. The van der Waals surface area contributed by atoms with Crippen LogP contribution in [0.15, 0.2) is 23.1 Å². The first-order valence-electron chi connectivity index (χ1n) is 6.20. The smallest absolute Gasteiger partial charge is 0.227 e. The Hall–Kier alpha value is -1.00. The summed E-state index contributed by atoms with van der Waals surface area (Å²) in [6, 6.07) is 6.29. The molecule has 3 N–H and O–H groups in total. The molecule has 0 atom stereocenters. The van der Waals surface area contributed by atoms with Crippen LogP contribution >= 0.6 is 11.8 Å². The standard InChI is InChI=1S/C14H22N2OS/c1-10(2)7-16-8-12-6-11(3)4-5-13(12)18-9-14(15)17/h4-6,10,16H,7-9H2,1-3H3,(H2,15,17). The van der Waals surface area contributed by atoms with Crippen LogP contribution in [-0.2, 0) is 11.3 Å². The van der Waals surface area contributed by atoms with E-state index in [0.717, 1.165) is 18.0 Å². The topological polar surface area (TPSA) is 55.1 Å². The summed E-state index contributed by atoms with van der Waals surface area (Å²) in [6.45, 7) is 8.28. The summed E-state index contributed by atoms with van der Waals surface area (Å²) < 4.78 is 0. The van der Waals surface area contributed by atoms with E-state index in [-0.39, 0.29) is 5.91 Å².